The van der Waals surface area contributed by atoms with E-state index < -0.39 is 12.5 Å². The molecule has 2 N–H and O–H groups in total. The monoisotopic (exact) mass is 560 g/mol. The van der Waals surface area contributed by atoms with E-state index >= 15 is 0 Å². The minimum atomic E-state index is -2.70. The topological polar surface area (TPSA) is 103 Å². The van der Waals surface area contributed by atoms with Gasteiger partial charge in [0.05, 0.1) is 23.4 Å². The van der Waals surface area contributed by atoms with Crippen LogP contribution in [0.1, 0.15) is 30.7 Å². The molecule has 4 heterocycles. The molecule has 14 heteroatoms. The van der Waals surface area contributed by atoms with Crippen LogP contribution in [0.15, 0.2) is 23.2 Å². The van der Waals surface area contributed by atoms with Crippen molar-refractivity contribution in [3.05, 3.63) is 23.3 Å². The quantitative estimate of drug-likeness (QED) is 0.351. The van der Waals surface area contributed by atoms with E-state index in [1.54, 1.807) is 15.8 Å². The third kappa shape index (κ3) is 4.79. The minimum absolute atomic E-state index is 0.0391. The molecule has 10 nitrogen and oxygen atoms in total. The second-order valence-corrected chi connectivity index (χ2v) is 11.6. The number of carbonyl (C=O) groups is 1. The highest BCUT2D eigenvalue weighted by atomic mass is 32.2. The van der Waals surface area contributed by atoms with Gasteiger partial charge in [0.25, 0.3) is 6.43 Å². The molecule has 1 atom stereocenters. The number of fused-ring (bicyclic) bond motifs is 1. The molecule has 1 aromatic carbocycles. The summed E-state index contributed by atoms with van der Waals surface area (Å²) in [4.78, 5) is 19.5. The van der Waals surface area contributed by atoms with Gasteiger partial charge in [-0.25, -0.2) is 23.0 Å². The maximum Gasteiger partial charge on any atom is 0.320 e. The first-order valence-corrected chi connectivity index (χ1v) is 14.0. The maximum atomic E-state index is 13.2. The molecule has 3 fully saturated rings. The van der Waals surface area contributed by atoms with Crippen molar-refractivity contribution in [2.75, 3.05) is 44.2 Å². The highest BCUT2D eigenvalue weighted by Crippen LogP contribution is 2.40. The number of anilines is 1. The molecule has 1 saturated carbocycles. The van der Waals surface area contributed by atoms with Gasteiger partial charge in [-0.1, -0.05) is 17.3 Å². The molecule has 2 amide bonds. The Kier molecular flexibility index (Phi) is 6.63. The normalized spacial score (nSPS) is 20.9. The molecule has 38 heavy (non-hydrogen) atoms. The van der Waals surface area contributed by atoms with Gasteiger partial charge in [0.2, 0.25) is 5.13 Å². The van der Waals surface area contributed by atoms with E-state index in [4.69, 9.17) is 6.42 Å². The average Bonchev–Trinajstić information content (AvgIpc) is 3.25. The standard InChI is InChI=1S/C24H26F2N8O2S2/c1-2-24(4-5-24)30-38-16-11-18(31-7-9-32(10-8-31)23(36)33-6-3-15(35)14-33)17-13-27-34(19(17)12-16)22-29-28-21(37-22)20(25)26/h1,11-13,15,20,30,35H,3-10,14H2. The average molecular weight is 561 g/mol. The summed E-state index contributed by atoms with van der Waals surface area (Å²) in [5, 5.41) is 22.6. The van der Waals surface area contributed by atoms with E-state index in [9.17, 15) is 18.7 Å². The van der Waals surface area contributed by atoms with Gasteiger partial charge in [0, 0.05) is 55.2 Å². The fourth-order valence-corrected chi connectivity index (χ4v) is 6.36. The number of piperazine rings is 1. The third-order valence-corrected chi connectivity index (χ3v) is 9.02. The van der Waals surface area contributed by atoms with Crippen LogP contribution >= 0.6 is 23.3 Å². The number of aliphatic hydroxyl groups is 1. The van der Waals surface area contributed by atoms with Gasteiger partial charge in [-0.15, -0.1) is 16.6 Å². The van der Waals surface area contributed by atoms with Gasteiger partial charge in [0.1, 0.15) is 0 Å². The second kappa shape index (κ2) is 9.96. The summed E-state index contributed by atoms with van der Waals surface area (Å²) in [6.07, 6.45) is 6.69. The molecular weight excluding hydrogens is 534 g/mol. The number of benzene rings is 1. The third-order valence-electron chi connectivity index (χ3n) is 7.15. The highest BCUT2D eigenvalue weighted by molar-refractivity contribution is 7.97. The highest BCUT2D eigenvalue weighted by Gasteiger charge is 2.41. The number of terminal acetylenes is 1. The number of alkyl halides is 2. The Bertz CT molecular complexity index is 1390. The van der Waals surface area contributed by atoms with E-state index in [2.05, 4.69) is 36.9 Å². The fraction of sp³-hybridized carbons (Fsp3) is 0.500. The number of amides is 2. The SMILES string of the molecule is C#CC1(NSc2cc(N3CCN(C(=O)N4CCC(O)C4)CC3)c3cnn(-c4nnc(C(F)F)s4)c3c2)CC1. The van der Waals surface area contributed by atoms with Crippen molar-refractivity contribution >= 4 is 45.9 Å². The van der Waals surface area contributed by atoms with Crippen LogP contribution in [0.2, 0.25) is 0 Å². The van der Waals surface area contributed by atoms with Gasteiger partial charge in [-0.2, -0.15) is 5.10 Å². The number of rotatable bonds is 6. The van der Waals surface area contributed by atoms with E-state index in [1.165, 1.54) is 11.9 Å². The van der Waals surface area contributed by atoms with Gasteiger partial charge in [-0.05, 0) is 43.3 Å². The molecule has 2 aromatic heterocycles. The largest absolute Gasteiger partial charge is 0.391 e. The van der Waals surface area contributed by atoms with Crippen LogP contribution in [-0.4, -0.2) is 91.8 Å². The Hall–Kier alpha value is -2.99. The Labute approximate surface area is 226 Å². The van der Waals surface area contributed by atoms with Crippen molar-refractivity contribution in [1.82, 2.24) is 34.5 Å². The van der Waals surface area contributed by atoms with E-state index in [1.807, 2.05) is 11.0 Å². The first kappa shape index (κ1) is 25.3. The van der Waals surface area contributed by atoms with E-state index in [0.29, 0.717) is 45.7 Å². The summed E-state index contributed by atoms with van der Waals surface area (Å²) in [5.74, 6) is 2.82. The number of carbonyl (C=O) groups excluding carboxylic acids is 1. The maximum absolute atomic E-state index is 13.2. The molecule has 0 radical (unpaired) electrons. The Morgan fingerprint density at radius 3 is 2.63 bits per heavy atom. The minimum Gasteiger partial charge on any atom is -0.391 e. The number of β-amino-alcohol motifs (C(OH)–C–C–N with tert-alkyl or cyclic N) is 1. The first-order valence-electron chi connectivity index (χ1n) is 12.4. The summed E-state index contributed by atoms with van der Waals surface area (Å²) in [5.41, 5.74) is 1.35. The first-order chi connectivity index (χ1) is 18.4. The van der Waals surface area contributed by atoms with Crippen molar-refractivity contribution in [2.24, 2.45) is 0 Å². The van der Waals surface area contributed by atoms with Crippen LogP contribution in [0.4, 0.5) is 19.3 Å². The summed E-state index contributed by atoms with van der Waals surface area (Å²) < 4.78 is 31.3. The van der Waals surface area contributed by atoms with Gasteiger partial charge in [0.15, 0.2) is 5.01 Å². The fourth-order valence-electron chi connectivity index (χ4n) is 4.77. The Morgan fingerprint density at radius 2 is 2.00 bits per heavy atom. The van der Waals surface area contributed by atoms with Crippen molar-refractivity contribution in [3.8, 4) is 17.5 Å². The molecule has 3 aromatic rings. The van der Waals surface area contributed by atoms with E-state index in [-0.39, 0.29) is 21.7 Å². The summed E-state index contributed by atoms with van der Waals surface area (Å²) in [6, 6.07) is 3.97. The smallest absolute Gasteiger partial charge is 0.320 e. The lowest BCUT2D eigenvalue weighted by molar-refractivity contribution is 0.144. The molecule has 3 aliphatic rings. The zero-order valence-electron chi connectivity index (χ0n) is 20.4. The molecule has 1 unspecified atom stereocenters. The number of hydrogen-bond donors (Lipinski definition) is 2. The molecule has 6 rings (SSSR count). The van der Waals surface area contributed by atoms with Crippen LogP contribution in [-0.2, 0) is 0 Å². The lowest BCUT2D eigenvalue weighted by Crippen LogP contribution is -2.52. The number of nitrogens with one attached hydrogen (secondary N) is 1. The molecular formula is C24H26F2N8O2S2. The number of urea groups is 1. The lowest BCUT2D eigenvalue weighted by atomic mass is 10.1. The Morgan fingerprint density at radius 1 is 1.21 bits per heavy atom. The van der Waals surface area contributed by atoms with E-state index in [0.717, 1.165) is 45.7 Å². The number of nitrogens with zero attached hydrogens (tertiary/aromatic N) is 7. The summed E-state index contributed by atoms with van der Waals surface area (Å²) in [7, 11) is 0. The predicted octanol–water partition coefficient (Wildman–Crippen LogP) is 2.89. The van der Waals surface area contributed by atoms with Gasteiger partial charge >= 0.3 is 6.03 Å². The zero-order valence-corrected chi connectivity index (χ0v) is 22.0. The number of aromatic nitrogens is 4. The van der Waals surface area contributed by atoms with Crippen LogP contribution < -0.4 is 9.62 Å². The molecule has 2 aliphatic heterocycles. The molecule has 200 valence electrons. The Balaban J connectivity index is 1.28. The molecule has 0 spiro atoms. The summed E-state index contributed by atoms with van der Waals surface area (Å²) >= 11 is 2.25. The molecule has 0 bridgehead atoms. The van der Waals surface area contributed by atoms with Gasteiger partial charge < -0.3 is 19.8 Å². The number of halogens is 2. The predicted molar refractivity (Wildman–Crippen MR) is 141 cm³/mol. The zero-order chi connectivity index (χ0) is 26.4. The number of hydrogen-bond acceptors (Lipinski definition) is 9. The van der Waals surface area contributed by atoms with Crippen LogP contribution in [0.25, 0.3) is 16.0 Å². The van der Waals surface area contributed by atoms with Crippen molar-refractivity contribution in [1.29, 1.82) is 0 Å². The summed E-state index contributed by atoms with van der Waals surface area (Å²) in [6.45, 7) is 3.28. The van der Waals surface area contributed by atoms with Crippen LogP contribution in [0.5, 0.6) is 0 Å². The lowest BCUT2D eigenvalue weighted by Gasteiger charge is -2.38. The number of aliphatic hydroxyl groups excluding tert-OH is 1. The second-order valence-electron chi connectivity index (χ2n) is 9.73. The molecule has 1 aliphatic carbocycles. The van der Waals surface area contributed by atoms with Crippen LogP contribution in [0.3, 0.4) is 0 Å². The van der Waals surface area contributed by atoms with Crippen LogP contribution in [0, 0.1) is 12.3 Å². The van der Waals surface area contributed by atoms with Crippen molar-refractivity contribution in [2.45, 2.75) is 42.2 Å². The molecule has 2 saturated heterocycles. The van der Waals surface area contributed by atoms with Crippen molar-refractivity contribution in [3.63, 3.8) is 0 Å². The number of likely N-dealkylation sites (tertiary alicyclic amines) is 1. The van der Waals surface area contributed by atoms with Crippen molar-refractivity contribution < 1.29 is 18.7 Å². The van der Waals surface area contributed by atoms with Gasteiger partial charge in [-0.3, -0.25) is 0 Å².